The molecule has 0 radical (unpaired) electrons. The van der Waals surface area contributed by atoms with Gasteiger partial charge in [0.05, 0.1) is 12.7 Å². The summed E-state index contributed by atoms with van der Waals surface area (Å²) >= 11 is 0. The maximum Gasteiger partial charge on any atom is 0.226 e. The van der Waals surface area contributed by atoms with Crippen molar-refractivity contribution < 1.29 is 14.6 Å². The molecule has 0 saturated heterocycles. The molecule has 0 aromatic rings. The lowest BCUT2D eigenvalue weighted by Gasteiger charge is -2.32. The molecular weight excluding hydrogens is 206 g/mol. The van der Waals surface area contributed by atoms with Gasteiger partial charge in [0.2, 0.25) is 5.91 Å². The van der Waals surface area contributed by atoms with Crippen LogP contribution in [0, 0.1) is 5.41 Å². The molecule has 4 heteroatoms. The van der Waals surface area contributed by atoms with Crippen molar-refractivity contribution >= 4 is 5.91 Å². The van der Waals surface area contributed by atoms with Crippen molar-refractivity contribution in [3.05, 3.63) is 0 Å². The predicted molar refractivity (Wildman–Crippen MR) is 62.1 cm³/mol. The summed E-state index contributed by atoms with van der Waals surface area (Å²) in [5.41, 5.74) is -0.231. The van der Waals surface area contributed by atoms with E-state index >= 15 is 0 Å². The smallest absolute Gasteiger partial charge is 0.226 e. The zero-order chi connectivity index (χ0) is 12.0. The summed E-state index contributed by atoms with van der Waals surface area (Å²) < 4.78 is 4.81. The number of ether oxygens (including phenoxy) is 1. The normalized spacial score (nSPS) is 21.4. The van der Waals surface area contributed by atoms with E-state index in [1.807, 2.05) is 6.92 Å². The van der Waals surface area contributed by atoms with Gasteiger partial charge >= 0.3 is 0 Å². The second-order valence-electron chi connectivity index (χ2n) is 4.94. The van der Waals surface area contributed by atoms with Crippen LogP contribution < -0.4 is 5.32 Å². The fourth-order valence-electron chi connectivity index (χ4n) is 2.23. The van der Waals surface area contributed by atoms with E-state index in [1.54, 1.807) is 0 Å². The summed E-state index contributed by atoms with van der Waals surface area (Å²) in [7, 11) is 1.54. The zero-order valence-electron chi connectivity index (χ0n) is 10.3. The fraction of sp³-hybridized carbons (Fsp3) is 0.917. The minimum atomic E-state index is -0.610. The summed E-state index contributed by atoms with van der Waals surface area (Å²) in [6.07, 6.45) is 4.80. The van der Waals surface area contributed by atoms with E-state index in [0.717, 1.165) is 25.7 Å². The molecule has 0 aromatic carbocycles. The van der Waals surface area contributed by atoms with Crippen LogP contribution >= 0.6 is 0 Å². The third-order valence-electron chi connectivity index (χ3n) is 3.36. The maximum atomic E-state index is 12.0. The third kappa shape index (κ3) is 3.76. The van der Waals surface area contributed by atoms with Crippen molar-refractivity contribution in [1.82, 2.24) is 5.32 Å². The molecule has 94 valence electrons. The first-order valence-electron chi connectivity index (χ1n) is 6.04. The number of carbonyl (C=O) groups excluding carboxylic acids is 1. The molecule has 0 spiro atoms. The lowest BCUT2D eigenvalue weighted by Crippen LogP contribution is -2.43. The van der Waals surface area contributed by atoms with E-state index in [9.17, 15) is 9.90 Å². The van der Waals surface area contributed by atoms with E-state index in [4.69, 9.17) is 4.74 Å². The van der Waals surface area contributed by atoms with Crippen LogP contribution in [0.3, 0.4) is 0 Å². The molecule has 1 rings (SSSR count). The average Bonchev–Trinajstić information content (AvgIpc) is 2.27. The van der Waals surface area contributed by atoms with Gasteiger partial charge in [-0.2, -0.15) is 0 Å². The standard InChI is InChI=1S/C12H23NO3/c1-12(6-4-3-5-7-12)11(15)13-8-10(14)9-16-2/h10,14H,3-9H2,1-2H3,(H,13,15). The molecule has 1 aliphatic rings. The van der Waals surface area contributed by atoms with Gasteiger partial charge in [0.1, 0.15) is 0 Å². The quantitative estimate of drug-likeness (QED) is 0.741. The Kier molecular flexibility index (Phi) is 5.22. The third-order valence-corrected chi connectivity index (χ3v) is 3.36. The largest absolute Gasteiger partial charge is 0.389 e. The average molecular weight is 229 g/mol. The summed E-state index contributed by atoms with van der Waals surface area (Å²) in [6.45, 7) is 2.56. The Balaban J connectivity index is 2.33. The van der Waals surface area contributed by atoms with Gasteiger partial charge in [-0.25, -0.2) is 0 Å². The lowest BCUT2D eigenvalue weighted by molar-refractivity contribution is -0.132. The van der Waals surface area contributed by atoms with Gasteiger partial charge < -0.3 is 15.2 Å². The molecule has 2 N–H and O–H groups in total. The maximum absolute atomic E-state index is 12.0. The van der Waals surface area contributed by atoms with E-state index in [0.29, 0.717) is 0 Å². The van der Waals surface area contributed by atoms with E-state index in [1.165, 1.54) is 13.5 Å². The zero-order valence-corrected chi connectivity index (χ0v) is 10.3. The molecule has 0 aliphatic heterocycles. The van der Waals surface area contributed by atoms with Crippen LogP contribution in [0.4, 0.5) is 0 Å². The molecule has 0 heterocycles. The molecule has 4 nitrogen and oxygen atoms in total. The number of rotatable bonds is 5. The van der Waals surface area contributed by atoms with Gasteiger partial charge in [-0.3, -0.25) is 4.79 Å². The number of nitrogens with one attached hydrogen (secondary N) is 1. The topological polar surface area (TPSA) is 58.6 Å². The monoisotopic (exact) mass is 229 g/mol. The molecule has 1 atom stereocenters. The van der Waals surface area contributed by atoms with E-state index in [2.05, 4.69) is 5.32 Å². The molecule has 1 unspecified atom stereocenters. The Labute approximate surface area is 97.4 Å². The Morgan fingerprint density at radius 2 is 2.06 bits per heavy atom. The van der Waals surface area contributed by atoms with Crippen LogP contribution in [0.2, 0.25) is 0 Å². The summed E-state index contributed by atoms with van der Waals surface area (Å²) in [6, 6.07) is 0. The molecule has 1 fully saturated rings. The minimum absolute atomic E-state index is 0.0716. The highest BCUT2D eigenvalue weighted by Gasteiger charge is 2.34. The van der Waals surface area contributed by atoms with Crippen LogP contribution in [0.25, 0.3) is 0 Å². The number of hydrogen-bond acceptors (Lipinski definition) is 3. The van der Waals surface area contributed by atoms with Gasteiger partial charge in [0.25, 0.3) is 0 Å². The Morgan fingerprint density at radius 3 is 2.62 bits per heavy atom. The predicted octanol–water partition coefficient (Wildman–Crippen LogP) is 1.08. The molecule has 0 bridgehead atoms. The molecular formula is C12H23NO3. The van der Waals surface area contributed by atoms with Gasteiger partial charge in [-0.1, -0.05) is 26.2 Å². The SMILES string of the molecule is COCC(O)CNC(=O)C1(C)CCCCC1. The first kappa shape index (κ1) is 13.5. The van der Waals surface area contributed by atoms with Crippen molar-refractivity contribution in [2.24, 2.45) is 5.41 Å². The van der Waals surface area contributed by atoms with Gasteiger partial charge in [-0.15, -0.1) is 0 Å². The number of amides is 1. The highest BCUT2D eigenvalue weighted by Crippen LogP contribution is 2.35. The van der Waals surface area contributed by atoms with E-state index < -0.39 is 6.10 Å². The van der Waals surface area contributed by atoms with Crippen LogP contribution in [0.1, 0.15) is 39.0 Å². The number of aliphatic hydroxyl groups excluding tert-OH is 1. The molecule has 1 saturated carbocycles. The number of carbonyl (C=O) groups is 1. The van der Waals surface area contributed by atoms with Crippen LogP contribution in [-0.4, -0.2) is 37.4 Å². The van der Waals surface area contributed by atoms with Crippen molar-refractivity contribution in [2.45, 2.75) is 45.1 Å². The Bertz CT molecular complexity index is 224. The van der Waals surface area contributed by atoms with Crippen molar-refractivity contribution in [1.29, 1.82) is 0 Å². The first-order chi connectivity index (χ1) is 7.58. The van der Waals surface area contributed by atoms with Crippen LogP contribution in [0.15, 0.2) is 0 Å². The summed E-state index contributed by atoms with van der Waals surface area (Å²) in [4.78, 5) is 12.0. The molecule has 1 amide bonds. The molecule has 0 aromatic heterocycles. The number of methoxy groups -OCH3 is 1. The van der Waals surface area contributed by atoms with Gasteiger partial charge in [-0.05, 0) is 12.8 Å². The van der Waals surface area contributed by atoms with Crippen molar-refractivity contribution in [3.63, 3.8) is 0 Å². The Hall–Kier alpha value is -0.610. The summed E-state index contributed by atoms with van der Waals surface area (Å²) in [5, 5.41) is 12.2. The molecule has 1 aliphatic carbocycles. The minimum Gasteiger partial charge on any atom is -0.389 e. The summed E-state index contributed by atoms with van der Waals surface area (Å²) in [5.74, 6) is 0.0716. The van der Waals surface area contributed by atoms with Crippen LogP contribution in [-0.2, 0) is 9.53 Å². The molecule has 16 heavy (non-hydrogen) atoms. The van der Waals surface area contributed by atoms with Gasteiger partial charge in [0.15, 0.2) is 0 Å². The number of aliphatic hydroxyl groups is 1. The number of hydrogen-bond donors (Lipinski definition) is 2. The lowest BCUT2D eigenvalue weighted by atomic mass is 9.75. The van der Waals surface area contributed by atoms with Crippen LogP contribution in [0.5, 0.6) is 0 Å². The fourth-order valence-corrected chi connectivity index (χ4v) is 2.23. The highest BCUT2D eigenvalue weighted by molar-refractivity contribution is 5.82. The second kappa shape index (κ2) is 6.21. The first-order valence-corrected chi connectivity index (χ1v) is 6.04. The van der Waals surface area contributed by atoms with Gasteiger partial charge in [0, 0.05) is 19.1 Å². The highest BCUT2D eigenvalue weighted by atomic mass is 16.5. The van der Waals surface area contributed by atoms with E-state index in [-0.39, 0.29) is 24.5 Å². The van der Waals surface area contributed by atoms with Crippen molar-refractivity contribution in [3.8, 4) is 0 Å². The van der Waals surface area contributed by atoms with Crippen molar-refractivity contribution in [2.75, 3.05) is 20.3 Å². The second-order valence-corrected chi connectivity index (χ2v) is 4.94. The Morgan fingerprint density at radius 1 is 1.44 bits per heavy atom.